The average molecular weight is 330 g/mol. The van der Waals surface area contributed by atoms with Crippen molar-refractivity contribution in [2.24, 2.45) is 5.73 Å². The third-order valence-corrected chi connectivity index (χ3v) is 5.12. The Balaban J connectivity index is 1.71. The second-order valence-corrected chi connectivity index (χ2v) is 6.71. The molecule has 1 aromatic carbocycles. The maximum Gasteiger partial charge on any atom is 0.245 e. The summed E-state index contributed by atoms with van der Waals surface area (Å²) in [4.78, 5) is 26.8. The van der Waals surface area contributed by atoms with E-state index in [1.807, 2.05) is 26.0 Å². The van der Waals surface area contributed by atoms with Crippen LogP contribution >= 0.6 is 11.8 Å². The molecule has 1 unspecified atom stereocenters. The molecule has 0 spiro atoms. The highest BCUT2D eigenvalue weighted by molar-refractivity contribution is 8.00. The van der Waals surface area contributed by atoms with Crippen LogP contribution in [0.25, 0.3) is 0 Å². The van der Waals surface area contributed by atoms with Gasteiger partial charge in [0.15, 0.2) is 0 Å². The number of aromatic amines is 1. The predicted molar refractivity (Wildman–Crippen MR) is 87.7 cm³/mol. The Labute approximate surface area is 138 Å². The van der Waals surface area contributed by atoms with E-state index in [2.05, 4.69) is 16.3 Å². The van der Waals surface area contributed by atoms with Crippen LogP contribution in [-0.4, -0.2) is 32.7 Å². The number of H-pyrrole nitrogens is 1. The first-order valence-electron chi connectivity index (χ1n) is 7.28. The number of carbonyl (C=O) groups is 2. The predicted octanol–water partition coefficient (Wildman–Crippen LogP) is 1.69. The molecule has 1 aliphatic heterocycles. The van der Waals surface area contributed by atoms with Gasteiger partial charge >= 0.3 is 0 Å². The van der Waals surface area contributed by atoms with Crippen molar-refractivity contribution < 1.29 is 9.59 Å². The van der Waals surface area contributed by atoms with Crippen molar-refractivity contribution in [3.63, 3.8) is 0 Å². The number of thioether (sulfide) groups is 1. The highest BCUT2D eigenvalue weighted by Gasteiger charge is 2.38. The van der Waals surface area contributed by atoms with Crippen molar-refractivity contribution in [1.29, 1.82) is 0 Å². The van der Waals surface area contributed by atoms with Gasteiger partial charge in [-0.2, -0.15) is 5.10 Å². The third-order valence-electron chi connectivity index (χ3n) is 3.96. The number of hydrogen-bond acceptors (Lipinski definition) is 4. The highest BCUT2D eigenvalue weighted by atomic mass is 32.2. The summed E-state index contributed by atoms with van der Waals surface area (Å²) in [5, 5.41) is 6.73. The largest absolute Gasteiger partial charge is 0.368 e. The van der Waals surface area contributed by atoms with Crippen LogP contribution in [-0.2, 0) is 16.1 Å². The molecule has 23 heavy (non-hydrogen) atoms. The molecule has 6 nitrogen and oxygen atoms in total. The first-order valence-corrected chi connectivity index (χ1v) is 8.27. The standard InChI is InChI=1S/C16H18N4O2S/c1-9-3-4-13(10(2)5-9)23-8-14(21)20-7-12-11(6-18-19-12)15(20)16(17)22/h3-6,15H,7-8H2,1-2H3,(H2,17,22)(H,18,19). The second-order valence-electron chi connectivity index (χ2n) is 5.69. The first-order chi connectivity index (χ1) is 11.0. The average Bonchev–Trinajstić information content (AvgIpc) is 3.05. The van der Waals surface area contributed by atoms with Crippen molar-refractivity contribution in [1.82, 2.24) is 15.1 Å². The normalized spacial score (nSPS) is 16.4. The number of nitrogens with zero attached hydrogens (tertiary/aromatic N) is 2. The minimum Gasteiger partial charge on any atom is -0.368 e. The summed E-state index contributed by atoms with van der Waals surface area (Å²) < 4.78 is 0. The van der Waals surface area contributed by atoms with Gasteiger partial charge in [0.2, 0.25) is 11.8 Å². The Morgan fingerprint density at radius 1 is 1.43 bits per heavy atom. The molecular weight excluding hydrogens is 312 g/mol. The fraction of sp³-hybridized carbons (Fsp3) is 0.312. The molecule has 0 saturated carbocycles. The number of hydrogen-bond donors (Lipinski definition) is 2. The summed E-state index contributed by atoms with van der Waals surface area (Å²) in [5.74, 6) is -0.371. The van der Waals surface area contributed by atoms with Crippen molar-refractivity contribution in [3.8, 4) is 0 Å². The fourth-order valence-electron chi connectivity index (χ4n) is 2.84. The summed E-state index contributed by atoms with van der Waals surface area (Å²) in [6.07, 6.45) is 1.56. The third kappa shape index (κ3) is 2.96. The molecule has 3 N–H and O–H groups in total. The van der Waals surface area contributed by atoms with Crippen LogP contribution in [0.2, 0.25) is 0 Å². The van der Waals surface area contributed by atoms with E-state index in [1.54, 1.807) is 6.20 Å². The zero-order valence-electron chi connectivity index (χ0n) is 13.0. The van der Waals surface area contributed by atoms with Gasteiger partial charge in [0, 0.05) is 10.5 Å². The Morgan fingerprint density at radius 2 is 2.22 bits per heavy atom. The summed E-state index contributed by atoms with van der Waals surface area (Å²) in [6, 6.07) is 5.41. The molecule has 0 fully saturated rings. The van der Waals surface area contributed by atoms with E-state index in [-0.39, 0.29) is 11.7 Å². The topological polar surface area (TPSA) is 92.1 Å². The molecule has 0 aliphatic carbocycles. The minimum atomic E-state index is -0.726. The van der Waals surface area contributed by atoms with Gasteiger partial charge in [-0.3, -0.25) is 14.7 Å². The van der Waals surface area contributed by atoms with Crippen LogP contribution in [0.5, 0.6) is 0 Å². The van der Waals surface area contributed by atoms with Gasteiger partial charge in [-0.25, -0.2) is 0 Å². The number of aryl methyl sites for hydroxylation is 2. The molecule has 3 rings (SSSR count). The number of nitrogens with one attached hydrogen (secondary N) is 1. The van der Waals surface area contributed by atoms with Gasteiger partial charge in [-0.05, 0) is 25.5 Å². The van der Waals surface area contributed by atoms with E-state index in [0.717, 1.165) is 16.2 Å². The van der Waals surface area contributed by atoms with E-state index in [1.165, 1.54) is 22.2 Å². The maximum absolute atomic E-state index is 12.5. The van der Waals surface area contributed by atoms with E-state index in [0.29, 0.717) is 12.1 Å². The molecule has 2 amide bonds. The van der Waals surface area contributed by atoms with Gasteiger partial charge in [0.1, 0.15) is 6.04 Å². The Morgan fingerprint density at radius 3 is 2.91 bits per heavy atom. The molecule has 120 valence electrons. The Kier molecular flexibility index (Phi) is 4.12. The van der Waals surface area contributed by atoms with Crippen molar-refractivity contribution in [3.05, 3.63) is 46.8 Å². The highest BCUT2D eigenvalue weighted by Crippen LogP contribution is 2.33. The van der Waals surface area contributed by atoms with Gasteiger partial charge in [0.05, 0.1) is 24.2 Å². The molecule has 1 aliphatic rings. The first kappa shape index (κ1) is 15.6. The lowest BCUT2D eigenvalue weighted by Crippen LogP contribution is -2.38. The van der Waals surface area contributed by atoms with Crippen molar-refractivity contribution in [2.45, 2.75) is 31.3 Å². The fourth-order valence-corrected chi connectivity index (χ4v) is 3.73. The molecular formula is C16H18N4O2S. The Hall–Kier alpha value is -2.28. The van der Waals surface area contributed by atoms with Crippen LogP contribution in [0.3, 0.4) is 0 Å². The Bertz CT molecular complexity index is 771. The van der Waals surface area contributed by atoms with Crippen LogP contribution in [0.4, 0.5) is 0 Å². The summed E-state index contributed by atoms with van der Waals surface area (Å²) in [6.45, 7) is 4.41. The van der Waals surface area contributed by atoms with Crippen LogP contribution in [0.1, 0.15) is 28.4 Å². The molecule has 1 aromatic heterocycles. The van der Waals surface area contributed by atoms with Gasteiger partial charge in [-0.15, -0.1) is 11.8 Å². The van der Waals surface area contributed by atoms with Crippen LogP contribution in [0.15, 0.2) is 29.3 Å². The number of benzene rings is 1. The molecule has 0 bridgehead atoms. The van der Waals surface area contributed by atoms with Gasteiger partial charge < -0.3 is 10.6 Å². The molecule has 7 heteroatoms. The van der Waals surface area contributed by atoms with E-state index in [9.17, 15) is 9.59 Å². The van der Waals surface area contributed by atoms with Crippen LogP contribution in [0, 0.1) is 13.8 Å². The SMILES string of the molecule is Cc1ccc(SCC(=O)N2Cc3[nH]ncc3C2C(N)=O)c(C)c1. The smallest absolute Gasteiger partial charge is 0.245 e. The number of nitrogens with two attached hydrogens (primary N) is 1. The summed E-state index contributed by atoms with van der Waals surface area (Å²) in [5.41, 5.74) is 9.28. The van der Waals surface area contributed by atoms with E-state index in [4.69, 9.17) is 5.73 Å². The number of primary amides is 1. The second kappa shape index (κ2) is 6.08. The lowest BCUT2D eigenvalue weighted by atomic mass is 10.1. The number of rotatable bonds is 4. The molecule has 2 heterocycles. The lowest BCUT2D eigenvalue weighted by Gasteiger charge is -2.22. The number of carbonyl (C=O) groups excluding carboxylic acids is 2. The molecule has 0 saturated heterocycles. The number of amides is 2. The lowest BCUT2D eigenvalue weighted by molar-refractivity contribution is -0.137. The zero-order valence-corrected chi connectivity index (χ0v) is 13.8. The monoisotopic (exact) mass is 330 g/mol. The molecule has 0 radical (unpaired) electrons. The van der Waals surface area contributed by atoms with E-state index >= 15 is 0 Å². The maximum atomic E-state index is 12.5. The molecule has 2 aromatic rings. The van der Waals surface area contributed by atoms with Crippen molar-refractivity contribution >= 4 is 23.6 Å². The number of aromatic nitrogens is 2. The van der Waals surface area contributed by atoms with Crippen LogP contribution < -0.4 is 5.73 Å². The van der Waals surface area contributed by atoms with Gasteiger partial charge in [-0.1, -0.05) is 17.7 Å². The minimum absolute atomic E-state index is 0.108. The molecule has 1 atom stereocenters. The van der Waals surface area contributed by atoms with Gasteiger partial charge in [0.25, 0.3) is 0 Å². The summed E-state index contributed by atoms with van der Waals surface area (Å²) >= 11 is 1.48. The quantitative estimate of drug-likeness (QED) is 0.834. The van der Waals surface area contributed by atoms with Crippen molar-refractivity contribution in [2.75, 3.05) is 5.75 Å². The summed E-state index contributed by atoms with van der Waals surface area (Å²) in [7, 11) is 0. The number of fused-ring (bicyclic) bond motifs is 1. The van der Waals surface area contributed by atoms with E-state index < -0.39 is 11.9 Å². The zero-order chi connectivity index (χ0) is 16.6.